The van der Waals surface area contributed by atoms with Crippen LogP contribution in [0.4, 0.5) is 0 Å². The monoisotopic (exact) mass is 300 g/mol. The van der Waals surface area contributed by atoms with Gasteiger partial charge in [0, 0.05) is 18.7 Å². The van der Waals surface area contributed by atoms with Gasteiger partial charge in [-0.05, 0) is 31.9 Å². The molecule has 0 aliphatic carbocycles. The average molecular weight is 300 g/mol. The highest BCUT2D eigenvalue weighted by molar-refractivity contribution is 6.35. The molecule has 5 nitrogen and oxygen atoms in total. The fourth-order valence-corrected chi connectivity index (χ4v) is 2.16. The van der Waals surface area contributed by atoms with Crippen LogP contribution >= 0.6 is 0 Å². The Morgan fingerprint density at radius 2 is 1.73 bits per heavy atom. The topological polar surface area (TPSA) is 71.3 Å². The molecule has 2 rings (SSSR count). The highest BCUT2D eigenvalue weighted by atomic mass is 16.3. The first-order valence-corrected chi connectivity index (χ1v) is 7.22. The van der Waals surface area contributed by atoms with E-state index in [1.807, 2.05) is 50.2 Å². The number of hydrogen-bond acceptors (Lipinski definition) is 3. The molecule has 5 heteroatoms. The van der Waals surface area contributed by atoms with Crippen molar-refractivity contribution in [2.75, 3.05) is 6.54 Å². The molecule has 1 aromatic carbocycles. The van der Waals surface area contributed by atoms with Gasteiger partial charge >= 0.3 is 11.8 Å². The predicted octanol–water partition coefficient (Wildman–Crippen LogP) is 1.87. The van der Waals surface area contributed by atoms with Gasteiger partial charge in [-0.25, -0.2) is 0 Å². The van der Waals surface area contributed by atoms with Crippen molar-refractivity contribution in [1.82, 2.24) is 10.6 Å². The van der Waals surface area contributed by atoms with Crippen molar-refractivity contribution >= 4 is 11.8 Å². The van der Waals surface area contributed by atoms with Crippen molar-refractivity contribution in [2.45, 2.75) is 26.8 Å². The molecule has 2 N–H and O–H groups in total. The van der Waals surface area contributed by atoms with Gasteiger partial charge in [0.1, 0.15) is 11.5 Å². The van der Waals surface area contributed by atoms with Crippen molar-refractivity contribution in [2.24, 2.45) is 0 Å². The second kappa shape index (κ2) is 7.45. The highest BCUT2D eigenvalue weighted by Crippen LogP contribution is 2.12. The zero-order chi connectivity index (χ0) is 15.9. The van der Waals surface area contributed by atoms with Gasteiger partial charge in [-0.3, -0.25) is 9.59 Å². The smallest absolute Gasteiger partial charge is 0.309 e. The van der Waals surface area contributed by atoms with Crippen LogP contribution in [0.15, 0.2) is 40.8 Å². The SMILES string of the molecule is Cc1cc(CNC(=O)C(=O)NCCc2ccccc2)c(C)o1. The van der Waals surface area contributed by atoms with E-state index in [0.29, 0.717) is 13.0 Å². The molecule has 0 bridgehead atoms. The molecule has 2 amide bonds. The number of furan rings is 1. The van der Waals surface area contributed by atoms with Gasteiger partial charge in [-0.1, -0.05) is 30.3 Å². The lowest BCUT2D eigenvalue weighted by atomic mass is 10.1. The summed E-state index contributed by atoms with van der Waals surface area (Å²) in [5.41, 5.74) is 2.00. The molecular weight excluding hydrogens is 280 g/mol. The molecule has 0 radical (unpaired) electrons. The Bertz CT molecular complexity index is 647. The van der Waals surface area contributed by atoms with E-state index in [-0.39, 0.29) is 6.54 Å². The van der Waals surface area contributed by atoms with Crippen LogP contribution in [0.1, 0.15) is 22.6 Å². The first-order valence-electron chi connectivity index (χ1n) is 7.22. The zero-order valence-electron chi connectivity index (χ0n) is 12.8. The van der Waals surface area contributed by atoms with Crippen LogP contribution in [0.3, 0.4) is 0 Å². The summed E-state index contributed by atoms with van der Waals surface area (Å²) in [6.07, 6.45) is 0.694. The van der Waals surface area contributed by atoms with E-state index < -0.39 is 11.8 Å². The molecule has 0 aliphatic heterocycles. The molecule has 0 saturated heterocycles. The summed E-state index contributed by atoms with van der Waals surface area (Å²) in [7, 11) is 0. The van der Waals surface area contributed by atoms with Crippen molar-refractivity contribution in [1.29, 1.82) is 0 Å². The van der Waals surface area contributed by atoms with Gasteiger partial charge < -0.3 is 15.1 Å². The number of benzene rings is 1. The second-order valence-electron chi connectivity index (χ2n) is 5.11. The summed E-state index contributed by atoms with van der Waals surface area (Å²) in [4.78, 5) is 23.4. The van der Waals surface area contributed by atoms with E-state index in [4.69, 9.17) is 4.42 Å². The van der Waals surface area contributed by atoms with Crippen LogP contribution in [0.25, 0.3) is 0 Å². The van der Waals surface area contributed by atoms with Crippen molar-refractivity contribution < 1.29 is 14.0 Å². The largest absolute Gasteiger partial charge is 0.466 e. The normalized spacial score (nSPS) is 10.3. The second-order valence-corrected chi connectivity index (χ2v) is 5.11. The van der Waals surface area contributed by atoms with Crippen LogP contribution in [0.5, 0.6) is 0 Å². The standard InChI is InChI=1S/C17H20N2O3/c1-12-10-15(13(2)22-12)11-19-17(21)16(20)18-9-8-14-6-4-3-5-7-14/h3-7,10H,8-9,11H2,1-2H3,(H,18,20)(H,19,21). The Morgan fingerprint density at radius 3 is 2.36 bits per heavy atom. The van der Waals surface area contributed by atoms with Crippen LogP contribution in [-0.4, -0.2) is 18.4 Å². The minimum absolute atomic E-state index is 0.286. The lowest BCUT2D eigenvalue weighted by Gasteiger charge is -2.06. The van der Waals surface area contributed by atoms with E-state index in [1.165, 1.54) is 0 Å². The Kier molecular flexibility index (Phi) is 5.36. The number of carbonyl (C=O) groups is 2. The molecule has 116 valence electrons. The highest BCUT2D eigenvalue weighted by Gasteiger charge is 2.13. The molecule has 22 heavy (non-hydrogen) atoms. The van der Waals surface area contributed by atoms with E-state index >= 15 is 0 Å². The zero-order valence-corrected chi connectivity index (χ0v) is 12.8. The van der Waals surface area contributed by atoms with E-state index in [1.54, 1.807) is 0 Å². The molecule has 0 aliphatic rings. The van der Waals surface area contributed by atoms with Gasteiger partial charge in [0.15, 0.2) is 0 Å². The summed E-state index contributed by atoms with van der Waals surface area (Å²) in [5.74, 6) is 0.288. The van der Waals surface area contributed by atoms with Crippen molar-refractivity contribution in [3.63, 3.8) is 0 Å². The summed E-state index contributed by atoms with van der Waals surface area (Å²) in [5, 5.41) is 5.20. The predicted molar refractivity (Wildman–Crippen MR) is 83.2 cm³/mol. The minimum Gasteiger partial charge on any atom is -0.466 e. The lowest BCUT2D eigenvalue weighted by molar-refractivity contribution is -0.139. The quantitative estimate of drug-likeness (QED) is 0.828. The van der Waals surface area contributed by atoms with Gasteiger partial charge in [-0.15, -0.1) is 0 Å². The van der Waals surface area contributed by atoms with E-state index in [9.17, 15) is 9.59 Å². The number of amides is 2. The molecule has 1 aromatic heterocycles. The average Bonchev–Trinajstić information content (AvgIpc) is 2.83. The third-order valence-corrected chi connectivity index (χ3v) is 3.33. The molecular formula is C17H20N2O3. The van der Waals surface area contributed by atoms with Gasteiger partial charge in [0.25, 0.3) is 0 Å². The maximum atomic E-state index is 11.7. The molecule has 0 fully saturated rings. The van der Waals surface area contributed by atoms with Crippen LogP contribution in [0.2, 0.25) is 0 Å². The number of carbonyl (C=O) groups excluding carboxylic acids is 2. The Hall–Kier alpha value is -2.56. The first-order chi connectivity index (χ1) is 10.6. The fraction of sp³-hybridized carbons (Fsp3) is 0.294. The molecule has 1 heterocycles. The third-order valence-electron chi connectivity index (χ3n) is 3.33. The Morgan fingerprint density at radius 1 is 1.05 bits per heavy atom. The number of rotatable bonds is 5. The molecule has 0 atom stereocenters. The summed E-state index contributed by atoms with van der Waals surface area (Å²) < 4.78 is 5.37. The van der Waals surface area contributed by atoms with Gasteiger partial charge in [0.05, 0.1) is 0 Å². The molecule has 2 aromatic rings. The van der Waals surface area contributed by atoms with E-state index in [2.05, 4.69) is 10.6 Å². The van der Waals surface area contributed by atoms with Gasteiger partial charge in [0.2, 0.25) is 0 Å². The molecule has 0 spiro atoms. The molecule has 0 saturated carbocycles. The van der Waals surface area contributed by atoms with E-state index in [0.717, 1.165) is 22.6 Å². The van der Waals surface area contributed by atoms with Gasteiger partial charge in [-0.2, -0.15) is 0 Å². The van der Waals surface area contributed by atoms with Crippen LogP contribution in [-0.2, 0) is 22.6 Å². The summed E-state index contributed by atoms with van der Waals surface area (Å²) in [6, 6.07) is 11.6. The van der Waals surface area contributed by atoms with Crippen molar-refractivity contribution in [3.8, 4) is 0 Å². The number of nitrogens with one attached hydrogen (secondary N) is 2. The Balaban J connectivity index is 1.73. The number of aryl methyl sites for hydroxylation is 2. The van der Waals surface area contributed by atoms with Crippen LogP contribution in [0, 0.1) is 13.8 Å². The Labute approximate surface area is 129 Å². The van der Waals surface area contributed by atoms with Crippen molar-refractivity contribution in [3.05, 3.63) is 59.0 Å². The minimum atomic E-state index is -0.633. The maximum absolute atomic E-state index is 11.7. The molecule has 0 unspecified atom stereocenters. The summed E-state index contributed by atoms with van der Waals surface area (Å²) in [6.45, 7) is 4.39. The first kappa shape index (κ1) is 15.8. The van der Waals surface area contributed by atoms with Crippen LogP contribution < -0.4 is 10.6 Å². The maximum Gasteiger partial charge on any atom is 0.309 e. The fourth-order valence-electron chi connectivity index (χ4n) is 2.16. The third kappa shape index (κ3) is 4.48. The summed E-state index contributed by atoms with van der Waals surface area (Å²) >= 11 is 0. The lowest BCUT2D eigenvalue weighted by Crippen LogP contribution is -2.40. The number of hydrogen-bond donors (Lipinski definition) is 2.